The summed E-state index contributed by atoms with van der Waals surface area (Å²) in [6, 6.07) is 13.7. The molecule has 0 unspecified atom stereocenters. The van der Waals surface area contributed by atoms with E-state index in [4.69, 9.17) is 0 Å². The van der Waals surface area contributed by atoms with Crippen LogP contribution in [-0.2, 0) is 10.0 Å². The minimum Gasteiger partial charge on any atom is -0.267 e. The molecule has 0 amide bonds. The summed E-state index contributed by atoms with van der Waals surface area (Å²) in [5.41, 5.74) is 0.682. The molecule has 116 valence electrons. The second-order valence-corrected chi connectivity index (χ2v) is 6.34. The lowest BCUT2D eigenvalue weighted by Gasteiger charge is -2.11. The van der Waals surface area contributed by atoms with Crippen LogP contribution in [0.2, 0.25) is 0 Å². The van der Waals surface area contributed by atoms with Gasteiger partial charge in [0.25, 0.3) is 10.0 Å². The highest BCUT2D eigenvalue weighted by Gasteiger charge is 2.17. The largest absolute Gasteiger partial charge is 0.267 e. The number of aliphatic imine (C=N–C) groups is 1. The molecular formula is C16H17FN2O2S. The summed E-state index contributed by atoms with van der Waals surface area (Å²) < 4.78 is 40.2. The smallest absolute Gasteiger partial charge is 0.263 e. The van der Waals surface area contributed by atoms with Gasteiger partial charge in [0, 0.05) is 12.1 Å². The fourth-order valence-electron chi connectivity index (χ4n) is 1.80. The molecule has 0 aliphatic carbocycles. The number of benzene rings is 2. The average molecular weight is 320 g/mol. The van der Waals surface area contributed by atoms with Gasteiger partial charge in [-0.2, -0.15) is 0 Å². The molecule has 22 heavy (non-hydrogen) atoms. The Morgan fingerprint density at radius 3 is 2.32 bits per heavy atom. The summed E-state index contributed by atoms with van der Waals surface area (Å²) in [6.45, 7) is 2.47. The van der Waals surface area contributed by atoms with Crippen molar-refractivity contribution in [1.82, 2.24) is 4.72 Å². The highest BCUT2D eigenvalue weighted by molar-refractivity contribution is 7.90. The zero-order valence-electron chi connectivity index (χ0n) is 12.2. The summed E-state index contributed by atoms with van der Waals surface area (Å²) in [5, 5.41) is 0. The highest BCUT2D eigenvalue weighted by Crippen LogP contribution is 2.11. The van der Waals surface area contributed by atoms with Crippen LogP contribution in [0.25, 0.3) is 0 Å². The normalized spacial score (nSPS) is 12.2. The van der Waals surface area contributed by atoms with Crippen molar-refractivity contribution in [2.75, 3.05) is 6.54 Å². The van der Waals surface area contributed by atoms with E-state index < -0.39 is 15.8 Å². The van der Waals surface area contributed by atoms with Crippen LogP contribution in [0.3, 0.4) is 0 Å². The molecule has 4 nitrogen and oxygen atoms in total. The standard InChI is InChI=1S/C16H17FN2O2S/c1-2-12-18-16(13-6-4-3-5-7-13)19-22(20,21)15-10-8-14(17)9-11-15/h3-11H,2,12H2,1H3,(H,18,19). The fraction of sp³-hybridized carbons (Fsp3) is 0.188. The van der Waals surface area contributed by atoms with Crippen LogP contribution < -0.4 is 4.72 Å². The molecule has 1 N–H and O–H groups in total. The van der Waals surface area contributed by atoms with Crippen molar-refractivity contribution in [3.63, 3.8) is 0 Å². The molecule has 2 aromatic rings. The molecule has 0 bridgehead atoms. The Morgan fingerprint density at radius 1 is 1.09 bits per heavy atom. The summed E-state index contributed by atoms with van der Waals surface area (Å²) in [7, 11) is -3.80. The number of hydrogen-bond acceptors (Lipinski definition) is 3. The first-order valence-corrected chi connectivity index (χ1v) is 8.39. The van der Waals surface area contributed by atoms with Gasteiger partial charge >= 0.3 is 0 Å². The summed E-state index contributed by atoms with van der Waals surface area (Å²) in [6.07, 6.45) is 0.800. The summed E-state index contributed by atoms with van der Waals surface area (Å²) in [4.78, 5) is 4.29. The molecular weight excluding hydrogens is 303 g/mol. The van der Waals surface area contributed by atoms with Crippen LogP contribution in [0, 0.1) is 5.82 Å². The monoisotopic (exact) mass is 320 g/mol. The lowest BCUT2D eigenvalue weighted by molar-refractivity contribution is 0.591. The van der Waals surface area contributed by atoms with Crippen LogP contribution >= 0.6 is 0 Å². The van der Waals surface area contributed by atoms with E-state index in [2.05, 4.69) is 9.71 Å². The Kier molecular flexibility index (Phi) is 5.27. The number of rotatable bonds is 5. The summed E-state index contributed by atoms with van der Waals surface area (Å²) >= 11 is 0. The number of nitrogens with one attached hydrogen (secondary N) is 1. The van der Waals surface area contributed by atoms with Crippen LogP contribution in [0.4, 0.5) is 4.39 Å². The number of hydrogen-bond donors (Lipinski definition) is 1. The zero-order chi connectivity index (χ0) is 16.0. The molecule has 0 heterocycles. The lowest BCUT2D eigenvalue weighted by atomic mass is 10.2. The maximum absolute atomic E-state index is 12.9. The Balaban J connectivity index is 2.32. The van der Waals surface area contributed by atoms with Crippen molar-refractivity contribution in [3.8, 4) is 0 Å². The first-order valence-electron chi connectivity index (χ1n) is 6.91. The Morgan fingerprint density at radius 2 is 1.73 bits per heavy atom. The molecule has 6 heteroatoms. The molecule has 2 rings (SSSR count). The van der Waals surface area contributed by atoms with Gasteiger partial charge in [-0.3, -0.25) is 9.71 Å². The van der Waals surface area contributed by atoms with Gasteiger partial charge in [-0.15, -0.1) is 0 Å². The number of amidine groups is 1. The van der Waals surface area contributed by atoms with Crippen molar-refractivity contribution in [1.29, 1.82) is 0 Å². The van der Waals surface area contributed by atoms with Gasteiger partial charge in [-0.25, -0.2) is 12.8 Å². The van der Waals surface area contributed by atoms with Crippen LogP contribution in [-0.4, -0.2) is 20.8 Å². The molecule has 0 fully saturated rings. The minimum atomic E-state index is -3.80. The Bertz CT molecular complexity index is 741. The Hall–Kier alpha value is -2.21. The van der Waals surface area contributed by atoms with Gasteiger partial charge in [0.2, 0.25) is 0 Å². The lowest BCUT2D eigenvalue weighted by Crippen LogP contribution is -2.31. The predicted molar refractivity (Wildman–Crippen MR) is 84.9 cm³/mol. The van der Waals surface area contributed by atoms with Crippen molar-refractivity contribution < 1.29 is 12.8 Å². The predicted octanol–water partition coefficient (Wildman–Crippen LogP) is 2.96. The van der Waals surface area contributed by atoms with Crippen molar-refractivity contribution in [3.05, 3.63) is 66.0 Å². The van der Waals surface area contributed by atoms with E-state index >= 15 is 0 Å². The molecule has 0 saturated carbocycles. The van der Waals surface area contributed by atoms with Crippen molar-refractivity contribution in [2.24, 2.45) is 4.99 Å². The average Bonchev–Trinajstić information content (AvgIpc) is 2.52. The number of sulfonamides is 1. The first kappa shape index (κ1) is 16.2. The zero-order valence-corrected chi connectivity index (χ0v) is 13.0. The van der Waals surface area contributed by atoms with E-state index in [-0.39, 0.29) is 10.7 Å². The molecule has 0 aliphatic heterocycles. The third kappa shape index (κ3) is 4.14. The molecule has 0 aromatic heterocycles. The van der Waals surface area contributed by atoms with E-state index in [1.807, 2.05) is 25.1 Å². The van der Waals surface area contributed by atoms with E-state index in [1.165, 1.54) is 12.1 Å². The van der Waals surface area contributed by atoms with Gasteiger partial charge < -0.3 is 0 Å². The van der Waals surface area contributed by atoms with Gasteiger partial charge in [-0.1, -0.05) is 37.3 Å². The molecule has 0 saturated heterocycles. The molecule has 0 atom stereocenters. The quantitative estimate of drug-likeness (QED) is 0.680. The van der Waals surface area contributed by atoms with E-state index in [1.54, 1.807) is 12.1 Å². The topological polar surface area (TPSA) is 58.5 Å². The third-order valence-corrected chi connectivity index (χ3v) is 4.25. The van der Waals surface area contributed by atoms with Gasteiger partial charge in [0.05, 0.1) is 4.90 Å². The van der Waals surface area contributed by atoms with Crippen molar-refractivity contribution >= 4 is 15.9 Å². The maximum atomic E-state index is 12.9. The van der Waals surface area contributed by atoms with Crippen LogP contribution in [0.5, 0.6) is 0 Å². The third-order valence-electron chi connectivity index (χ3n) is 2.90. The van der Waals surface area contributed by atoms with Gasteiger partial charge in [0.1, 0.15) is 11.7 Å². The number of nitrogens with zero attached hydrogens (tertiary/aromatic N) is 1. The molecule has 0 aliphatic rings. The molecule has 2 aromatic carbocycles. The fourth-order valence-corrected chi connectivity index (χ4v) is 2.85. The summed E-state index contributed by atoms with van der Waals surface area (Å²) in [5.74, 6) is -0.200. The Labute approximate surface area is 129 Å². The highest BCUT2D eigenvalue weighted by atomic mass is 32.2. The minimum absolute atomic E-state index is 0.00553. The molecule has 0 radical (unpaired) electrons. The SMILES string of the molecule is CCCN=C(NS(=O)(=O)c1ccc(F)cc1)c1ccccc1. The first-order chi connectivity index (χ1) is 10.5. The van der Waals surface area contributed by atoms with Crippen LogP contribution in [0.1, 0.15) is 18.9 Å². The van der Waals surface area contributed by atoms with E-state index in [9.17, 15) is 12.8 Å². The van der Waals surface area contributed by atoms with Gasteiger partial charge in [-0.05, 0) is 30.7 Å². The van der Waals surface area contributed by atoms with Gasteiger partial charge in [0.15, 0.2) is 0 Å². The molecule has 0 spiro atoms. The van der Waals surface area contributed by atoms with E-state index in [0.29, 0.717) is 12.1 Å². The second-order valence-electron chi connectivity index (χ2n) is 4.66. The number of halogens is 1. The van der Waals surface area contributed by atoms with Crippen LogP contribution in [0.15, 0.2) is 64.5 Å². The van der Waals surface area contributed by atoms with E-state index in [0.717, 1.165) is 18.6 Å². The maximum Gasteiger partial charge on any atom is 0.263 e. The second kappa shape index (κ2) is 7.17. The van der Waals surface area contributed by atoms with Crippen molar-refractivity contribution in [2.45, 2.75) is 18.2 Å².